The van der Waals surface area contributed by atoms with Crippen molar-refractivity contribution in [1.82, 2.24) is 5.32 Å². The molecule has 0 spiro atoms. The van der Waals surface area contributed by atoms with Gasteiger partial charge in [0, 0.05) is 25.6 Å². The molecule has 1 aliphatic rings. The summed E-state index contributed by atoms with van der Waals surface area (Å²) in [6.45, 7) is 1.82. The number of nitrogens with one attached hydrogen (secondary N) is 2. The van der Waals surface area contributed by atoms with Crippen LogP contribution in [0, 0.1) is 0 Å². The maximum atomic E-state index is 12.9. The molecule has 6 nitrogen and oxygen atoms in total. The first-order valence-electron chi connectivity index (χ1n) is 10.2. The van der Waals surface area contributed by atoms with E-state index >= 15 is 0 Å². The average Bonchev–Trinajstić information content (AvgIpc) is 3.24. The minimum Gasteiger partial charge on any atom is -0.347 e. The molecule has 1 unspecified atom stereocenters. The minimum absolute atomic E-state index is 0.0348. The first-order valence-corrected chi connectivity index (χ1v) is 10.2. The minimum atomic E-state index is -0.190. The highest BCUT2D eigenvalue weighted by Gasteiger charge is 2.32. The molecule has 0 saturated heterocycles. The Morgan fingerprint density at radius 1 is 0.968 bits per heavy atom. The van der Waals surface area contributed by atoms with E-state index in [2.05, 4.69) is 27.9 Å². The van der Waals surface area contributed by atoms with Crippen molar-refractivity contribution in [2.45, 2.75) is 25.9 Å². The quantitative estimate of drug-likeness (QED) is 0.635. The van der Waals surface area contributed by atoms with Crippen molar-refractivity contribution in [3.05, 3.63) is 96.1 Å². The molecule has 1 aliphatic heterocycles. The lowest BCUT2D eigenvalue weighted by Gasteiger charge is -2.23. The maximum absolute atomic E-state index is 12.9. The van der Waals surface area contributed by atoms with E-state index in [1.165, 1.54) is 6.92 Å². The average molecular weight is 412 g/mol. The lowest BCUT2D eigenvalue weighted by atomic mass is 10.0. The van der Waals surface area contributed by atoms with Gasteiger partial charge >= 0.3 is 0 Å². The molecular weight excluding hydrogens is 388 g/mol. The van der Waals surface area contributed by atoms with E-state index in [9.17, 15) is 9.59 Å². The number of rotatable bonds is 6. The van der Waals surface area contributed by atoms with Crippen molar-refractivity contribution in [1.29, 1.82) is 0 Å². The summed E-state index contributed by atoms with van der Waals surface area (Å²) in [6.07, 6.45) is 0.524. The lowest BCUT2D eigenvalue weighted by Crippen LogP contribution is -2.29. The van der Waals surface area contributed by atoms with Gasteiger partial charge in [0.1, 0.15) is 5.71 Å². The van der Waals surface area contributed by atoms with Crippen LogP contribution in [0.3, 0.4) is 0 Å². The Hall–Kier alpha value is -3.93. The standard InChI is InChI=1S/C25H24N4O2/c1-18(30)27-21-12-8-9-19(15-21)17-26-25(31)23-16-24(20-10-4-2-5-11-20)29(28-23)22-13-6-3-7-14-22/h2-15,24H,16-17H2,1H3,(H,26,31)(H,27,30). The highest BCUT2D eigenvalue weighted by molar-refractivity contribution is 6.39. The number of nitrogens with zero attached hydrogens (tertiary/aromatic N) is 2. The SMILES string of the molecule is CC(=O)Nc1cccc(CNC(=O)C2=NN(c3ccccc3)C(c3ccccc3)C2)c1. The Balaban J connectivity index is 1.49. The van der Waals surface area contributed by atoms with Crippen LogP contribution in [0.5, 0.6) is 0 Å². The van der Waals surface area contributed by atoms with Gasteiger partial charge in [-0.1, -0.05) is 60.7 Å². The van der Waals surface area contributed by atoms with Gasteiger partial charge in [0.25, 0.3) is 5.91 Å². The normalized spacial score (nSPS) is 15.3. The van der Waals surface area contributed by atoms with E-state index in [1.54, 1.807) is 0 Å². The van der Waals surface area contributed by atoms with Crippen molar-refractivity contribution in [3.8, 4) is 0 Å². The molecule has 0 bridgehead atoms. The predicted molar refractivity (Wildman–Crippen MR) is 123 cm³/mol. The summed E-state index contributed by atoms with van der Waals surface area (Å²) in [4.78, 5) is 24.2. The zero-order valence-electron chi connectivity index (χ0n) is 17.3. The van der Waals surface area contributed by atoms with Gasteiger partial charge in [-0.2, -0.15) is 5.10 Å². The van der Waals surface area contributed by atoms with Gasteiger partial charge in [-0.15, -0.1) is 0 Å². The van der Waals surface area contributed by atoms with Crippen molar-refractivity contribution in [2.75, 3.05) is 10.3 Å². The largest absolute Gasteiger partial charge is 0.347 e. The van der Waals surface area contributed by atoms with E-state index in [1.807, 2.05) is 77.8 Å². The second kappa shape index (κ2) is 9.26. The second-order valence-corrected chi connectivity index (χ2v) is 7.42. The number of hydrazone groups is 1. The summed E-state index contributed by atoms with van der Waals surface area (Å²) in [5, 5.41) is 12.3. The van der Waals surface area contributed by atoms with E-state index in [-0.39, 0.29) is 17.9 Å². The molecule has 0 fully saturated rings. The maximum Gasteiger partial charge on any atom is 0.267 e. The van der Waals surface area contributed by atoms with Gasteiger partial charge in [0.15, 0.2) is 0 Å². The molecule has 1 heterocycles. The Labute approximate surface area is 181 Å². The Morgan fingerprint density at radius 3 is 2.39 bits per heavy atom. The molecule has 2 N–H and O–H groups in total. The van der Waals surface area contributed by atoms with Crippen LogP contribution in [0.1, 0.15) is 30.5 Å². The van der Waals surface area contributed by atoms with Crippen LogP contribution >= 0.6 is 0 Å². The smallest absolute Gasteiger partial charge is 0.267 e. The number of benzene rings is 3. The molecule has 0 aliphatic carbocycles. The van der Waals surface area contributed by atoms with E-state index in [4.69, 9.17) is 0 Å². The van der Waals surface area contributed by atoms with Crippen LogP contribution < -0.4 is 15.6 Å². The van der Waals surface area contributed by atoms with Crippen LogP contribution in [-0.4, -0.2) is 17.5 Å². The highest BCUT2D eigenvalue weighted by Crippen LogP contribution is 2.35. The molecule has 3 aromatic carbocycles. The van der Waals surface area contributed by atoms with Crippen LogP contribution in [-0.2, 0) is 16.1 Å². The van der Waals surface area contributed by atoms with Gasteiger partial charge < -0.3 is 10.6 Å². The van der Waals surface area contributed by atoms with Crippen LogP contribution in [0.4, 0.5) is 11.4 Å². The summed E-state index contributed by atoms with van der Waals surface area (Å²) in [6, 6.07) is 27.4. The Bertz CT molecular complexity index is 1100. The summed E-state index contributed by atoms with van der Waals surface area (Å²) in [5.74, 6) is -0.321. The topological polar surface area (TPSA) is 73.8 Å². The van der Waals surface area contributed by atoms with Gasteiger partial charge in [0.2, 0.25) is 5.91 Å². The third kappa shape index (κ3) is 4.98. The molecule has 31 heavy (non-hydrogen) atoms. The first-order chi connectivity index (χ1) is 15.1. The summed E-state index contributed by atoms with van der Waals surface area (Å²) >= 11 is 0. The number of carbonyl (C=O) groups excluding carboxylic acids is 2. The Kier molecular flexibility index (Phi) is 6.08. The summed E-state index contributed by atoms with van der Waals surface area (Å²) in [5.41, 5.74) is 4.16. The molecular formula is C25H24N4O2. The van der Waals surface area contributed by atoms with E-state index < -0.39 is 0 Å². The zero-order valence-corrected chi connectivity index (χ0v) is 17.3. The van der Waals surface area contributed by atoms with Crippen molar-refractivity contribution in [3.63, 3.8) is 0 Å². The van der Waals surface area contributed by atoms with Crippen molar-refractivity contribution < 1.29 is 9.59 Å². The molecule has 0 aromatic heterocycles. The van der Waals surface area contributed by atoms with Gasteiger partial charge in [0.05, 0.1) is 11.7 Å². The van der Waals surface area contributed by atoms with Gasteiger partial charge in [-0.25, -0.2) is 0 Å². The molecule has 0 saturated carbocycles. The third-order valence-corrected chi connectivity index (χ3v) is 5.08. The second-order valence-electron chi connectivity index (χ2n) is 7.42. The molecule has 6 heteroatoms. The van der Waals surface area contributed by atoms with Gasteiger partial charge in [-0.3, -0.25) is 14.6 Å². The molecule has 156 valence electrons. The number of hydrogen-bond acceptors (Lipinski definition) is 4. The number of hydrogen-bond donors (Lipinski definition) is 2. The van der Waals surface area contributed by atoms with Crippen LogP contribution in [0.25, 0.3) is 0 Å². The monoisotopic (exact) mass is 412 g/mol. The zero-order chi connectivity index (χ0) is 21.6. The fourth-order valence-electron chi connectivity index (χ4n) is 3.65. The number of carbonyl (C=O) groups is 2. The molecule has 0 radical (unpaired) electrons. The van der Waals surface area contributed by atoms with Crippen LogP contribution in [0.2, 0.25) is 0 Å². The van der Waals surface area contributed by atoms with Crippen molar-refractivity contribution >= 4 is 28.9 Å². The number of anilines is 2. The lowest BCUT2D eigenvalue weighted by molar-refractivity contribution is -0.115. The first kappa shape index (κ1) is 20.3. The van der Waals surface area contributed by atoms with Crippen LogP contribution in [0.15, 0.2) is 90.0 Å². The van der Waals surface area contributed by atoms with E-state index in [0.29, 0.717) is 24.4 Å². The fourth-order valence-corrected chi connectivity index (χ4v) is 3.65. The summed E-state index contributed by atoms with van der Waals surface area (Å²) in [7, 11) is 0. The third-order valence-electron chi connectivity index (χ3n) is 5.08. The van der Waals surface area contributed by atoms with Crippen molar-refractivity contribution in [2.24, 2.45) is 5.10 Å². The molecule has 1 atom stereocenters. The molecule has 3 aromatic rings. The Morgan fingerprint density at radius 2 is 1.68 bits per heavy atom. The number of para-hydroxylation sites is 1. The highest BCUT2D eigenvalue weighted by atomic mass is 16.2. The van der Waals surface area contributed by atoms with Gasteiger partial charge in [-0.05, 0) is 35.4 Å². The molecule has 2 amide bonds. The predicted octanol–water partition coefficient (Wildman–Crippen LogP) is 4.27. The summed E-state index contributed by atoms with van der Waals surface area (Å²) < 4.78 is 0. The van der Waals surface area contributed by atoms with E-state index in [0.717, 1.165) is 16.8 Å². The number of amides is 2. The molecule has 4 rings (SSSR count). The fraction of sp³-hybridized carbons (Fsp3) is 0.160.